The van der Waals surface area contributed by atoms with Crippen molar-refractivity contribution in [2.24, 2.45) is 0 Å². The monoisotopic (exact) mass is 336 g/mol. The molecule has 0 radical (unpaired) electrons. The Bertz CT molecular complexity index is 517. The molecule has 0 saturated heterocycles. The molecule has 6 nitrogen and oxygen atoms in total. The Kier molecular flexibility index (Phi) is 7.27. The van der Waals surface area contributed by atoms with Crippen LogP contribution in [0.1, 0.15) is 5.56 Å². The largest absolute Gasteiger partial charge is 0.416 e. The number of halogens is 3. The molecule has 3 N–H and O–H groups in total. The van der Waals surface area contributed by atoms with E-state index in [2.05, 4.69) is 10.1 Å². The van der Waals surface area contributed by atoms with Gasteiger partial charge in [0.15, 0.2) is 0 Å². The fourth-order valence-corrected chi connectivity index (χ4v) is 2.00. The van der Waals surface area contributed by atoms with E-state index in [0.717, 1.165) is 12.1 Å². The molecule has 0 spiro atoms. The number of carbonyl (C=O) groups excluding carboxylic acids is 1. The first-order valence-electron chi connectivity index (χ1n) is 6.80. The van der Waals surface area contributed by atoms with Crippen LogP contribution in [0.3, 0.4) is 0 Å². The summed E-state index contributed by atoms with van der Waals surface area (Å²) in [5.41, 5.74) is -0.712. The highest BCUT2D eigenvalue weighted by Gasteiger charge is 2.31. The SMILES string of the molecule is COCC(=O)Nc1cc(C(F)(F)F)ccc1N(CCO)CCO. The summed E-state index contributed by atoms with van der Waals surface area (Å²) in [6, 6.07) is 2.88. The van der Waals surface area contributed by atoms with Crippen LogP contribution in [0.15, 0.2) is 18.2 Å². The highest BCUT2D eigenvalue weighted by atomic mass is 19.4. The molecule has 0 heterocycles. The normalized spacial score (nSPS) is 11.4. The first-order valence-corrected chi connectivity index (χ1v) is 6.80. The molecule has 1 rings (SSSR count). The number of aliphatic hydroxyl groups excluding tert-OH is 2. The van der Waals surface area contributed by atoms with E-state index < -0.39 is 17.6 Å². The molecule has 1 amide bonds. The van der Waals surface area contributed by atoms with Gasteiger partial charge in [-0.05, 0) is 18.2 Å². The molecule has 130 valence electrons. The van der Waals surface area contributed by atoms with Gasteiger partial charge in [0.1, 0.15) is 6.61 Å². The first kappa shape index (κ1) is 19.2. The number of benzene rings is 1. The number of rotatable bonds is 8. The lowest BCUT2D eigenvalue weighted by Crippen LogP contribution is -2.31. The van der Waals surface area contributed by atoms with E-state index in [0.29, 0.717) is 0 Å². The molecular weight excluding hydrogens is 317 g/mol. The molecule has 0 aromatic heterocycles. The van der Waals surface area contributed by atoms with Gasteiger partial charge in [-0.1, -0.05) is 0 Å². The first-order chi connectivity index (χ1) is 10.8. The molecule has 0 fully saturated rings. The van der Waals surface area contributed by atoms with E-state index in [4.69, 9.17) is 10.2 Å². The molecule has 0 saturated carbocycles. The summed E-state index contributed by atoms with van der Waals surface area (Å²) in [6.45, 7) is -0.632. The van der Waals surface area contributed by atoms with Gasteiger partial charge < -0.3 is 25.2 Å². The highest BCUT2D eigenvalue weighted by Crippen LogP contribution is 2.35. The van der Waals surface area contributed by atoms with E-state index in [1.165, 1.54) is 18.1 Å². The van der Waals surface area contributed by atoms with Gasteiger partial charge in [0.2, 0.25) is 5.91 Å². The Morgan fingerprint density at radius 2 is 1.87 bits per heavy atom. The van der Waals surface area contributed by atoms with Gasteiger partial charge in [-0.15, -0.1) is 0 Å². The summed E-state index contributed by atoms with van der Waals surface area (Å²) < 4.78 is 43.2. The minimum Gasteiger partial charge on any atom is -0.395 e. The Morgan fingerprint density at radius 3 is 2.35 bits per heavy atom. The van der Waals surface area contributed by atoms with Crippen molar-refractivity contribution in [1.82, 2.24) is 0 Å². The van der Waals surface area contributed by atoms with Crippen LogP contribution < -0.4 is 10.2 Å². The van der Waals surface area contributed by atoms with Crippen LogP contribution in [0.25, 0.3) is 0 Å². The van der Waals surface area contributed by atoms with Crippen LogP contribution in [0, 0.1) is 0 Å². The number of aliphatic hydroxyl groups is 2. The lowest BCUT2D eigenvalue weighted by Gasteiger charge is -2.26. The highest BCUT2D eigenvalue weighted by molar-refractivity contribution is 5.95. The fraction of sp³-hybridized carbons (Fsp3) is 0.500. The van der Waals surface area contributed by atoms with Crippen LogP contribution >= 0.6 is 0 Å². The standard InChI is InChI=1S/C14H19F3N2O4/c1-23-9-13(22)18-11-8-10(14(15,16)17)2-3-12(11)19(4-6-20)5-7-21/h2-3,8,20-21H,4-7,9H2,1H3,(H,18,22). The Labute approximate surface area is 131 Å². The van der Waals surface area contributed by atoms with Crippen molar-refractivity contribution in [2.75, 3.05) is 50.2 Å². The third kappa shape index (κ3) is 5.70. The van der Waals surface area contributed by atoms with Crippen LogP contribution in [0.4, 0.5) is 24.5 Å². The van der Waals surface area contributed by atoms with E-state index in [1.54, 1.807) is 0 Å². The van der Waals surface area contributed by atoms with Gasteiger partial charge in [0, 0.05) is 20.2 Å². The minimum absolute atomic E-state index is 0.0659. The van der Waals surface area contributed by atoms with E-state index in [-0.39, 0.29) is 44.3 Å². The summed E-state index contributed by atoms with van der Waals surface area (Å²) >= 11 is 0. The van der Waals surface area contributed by atoms with Crippen molar-refractivity contribution in [3.63, 3.8) is 0 Å². The Balaban J connectivity index is 3.23. The molecule has 0 unspecified atom stereocenters. The fourth-order valence-electron chi connectivity index (χ4n) is 2.00. The van der Waals surface area contributed by atoms with Gasteiger partial charge in [-0.3, -0.25) is 4.79 Å². The number of alkyl halides is 3. The number of nitrogens with one attached hydrogen (secondary N) is 1. The third-order valence-corrected chi connectivity index (χ3v) is 2.95. The van der Waals surface area contributed by atoms with Crippen LogP contribution in [-0.4, -0.2) is 56.1 Å². The number of amides is 1. The summed E-state index contributed by atoms with van der Waals surface area (Å²) in [4.78, 5) is 13.1. The number of nitrogens with zero attached hydrogens (tertiary/aromatic N) is 1. The van der Waals surface area contributed by atoms with Crippen molar-refractivity contribution in [3.05, 3.63) is 23.8 Å². The van der Waals surface area contributed by atoms with Gasteiger partial charge in [0.25, 0.3) is 0 Å². The van der Waals surface area contributed by atoms with Crippen molar-refractivity contribution in [1.29, 1.82) is 0 Å². The van der Waals surface area contributed by atoms with E-state index in [9.17, 15) is 18.0 Å². The van der Waals surface area contributed by atoms with Crippen molar-refractivity contribution in [3.8, 4) is 0 Å². The molecule has 1 aromatic rings. The second-order valence-corrected chi connectivity index (χ2v) is 4.65. The van der Waals surface area contributed by atoms with Gasteiger partial charge in [0.05, 0.1) is 30.2 Å². The number of anilines is 2. The second-order valence-electron chi connectivity index (χ2n) is 4.65. The van der Waals surface area contributed by atoms with Crippen LogP contribution in [0.2, 0.25) is 0 Å². The maximum Gasteiger partial charge on any atom is 0.416 e. The average Bonchev–Trinajstić information content (AvgIpc) is 2.46. The quantitative estimate of drug-likeness (QED) is 0.662. The molecular formula is C14H19F3N2O4. The van der Waals surface area contributed by atoms with Crippen LogP contribution in [0.5, 0.6) is 0 Å². The van der Waals surface area contributed by atoms with E-state index >= 15 is 0 Å². The Hall–Kier alpha value is -1.84. The zero-order valence-corrected chi connectivity index (χ0v) is 12.6. The number of methoxy groups -OCH3 is 1. The second kappa shape index (κ2) is 8.70. The van der Waals surface area contributed by atoms with Gasteiger partial charge >= 0.3 is 6.18 Å². The summed E-state index contributed by atoms with van der Waals surface area (Å²) in [5, 5.41) is 20.5. The number of hydrogen-bond acceptors (Lipinski definition) is 5. The number of ether oxygens (including phenoxy) is 1. The molecule has 0 aliphatic heterocycles. The maximum atomic E-state index is 12.9. The topological polar surface area (TPSA) is 82.0 Å². The van der Waals surface area contributed by atoms with Gasteiger partial charge in [-0.2, -0.15) is 13.2 Å². The minimum atomic E-state index is -4.56. The average molecular weight is 336 g/mol. The molecule has 0 aliphatic rings. The third-order valence-electron chi connectivity index (χ3n) is 2.95. The van der Waals surface area contributed by atoms with Crippen molar-refractivity contribution < 1.29 is 32.9 Å². The molecule has 0 atom stereocenters. The number of hydrogen-bond donors (Lipinski definition) is 3. The predicted molar refractivity (Wildman–Crippen MR) is 78.3 cm³/mol. The summed E-state index contributed by atoms with van der Waals surface area (Å²) in [6.07, 6.45) is -4.56. The lowest BCUT2D eigenvalue weighted by molar-refractivity contribution is -0.137. The zero-order valence-electron chi connectivity index (χ0n) is 12.6. The predicted octanol–water partition coefficient (Wildman–Crippen LogP) is 1.08. The maximum absolute atomic E-state index is 12.9. The van der Waals surface area contributed by atoms with Crippen molar-refractivity contribution >= 4 is 17.3 Å². The molecule has 0 aliphatic carbocycles. The zero-order chi connectivity index (χ0) is 17.5. The summed E-state index contributed by atoms with van der Waals surface area (Å²) in [5.74, 6) is -0.610. The summed E-state index contributed by atoms with van der Waals surface area (Å²) in [7, 11) is 1.29. The molecule has 23 heavy (non-hydrogen) atoms. The lowest BCUT2D eigenvalue weighted by atomic mass is 10.1. The van der Waals surface area contributed by atoms with Gasteiger partial charge in [-0.25, -0.2) is 0 Å². The van der Waals surface area contributed by atoms with Crippen molar-refractivity contribution in [2.45, 2.75) is 6.18 Å². The Morgan fingerprint density at radius 1 is 1.26 bits per heavy atom. The smallest absolute Gasteiger partial charge is 0.395 e. The molecule has 1 aromatic carbocycles. The molecule has 0 bridgehead atoms. The number of carbonyl (C=O) groups is 1. The molecule has 9 heteroatoms. The van der Waals surface area contributed by atoms with Crippen LogP contribution in [-0.2, 0) is 15.7 Å². The van der Waals surface area contributed by atoms with E-state index in [1.807, 2.05) is 0 Å².